The first-order valence-corrected chi connectivity index (χ1v) is 9.58. The molecule has 0 saturated carbocycles. The number of para-hydroxylation sites is 1. The van der Waals surface area contributed by atoms with Gasteiger partial charge in [-0.3, -0.25) is 9.52 Å². The van der Waals surface area contributed by atoms with E-state index in [1.807, 2.05) is 31.2 Å². The van der Waals surface area contributed by atoms with E-state index in [1.165, 1.54) is 0 Å². The van der Waals surface area contributed by atoms with Crippen molar-refractivity contribution in [1.82, 2.24) is 5.32 Å². The molecule has 7 heteroatoms. The topological polar surface area (TPSA) is 88.4 Å². The fraction of sp³-hybridized carbons (Fsp3) is 0.167. The van der Waals surface area contributed by atoms with Crippen LogP contribution in [0.1, 0.15) is 29.1 Å². The van der Waals surface area contributed by atoms with E-state index in [9.17, 15) is 13.2 Å². The van der Waals surface area contributed by atoms with Crippen molar-refractivity contribution in [3.8, 4) is 0 Å². The Bertz CT molecular complexity index is 991. The molecule has 130 valence electrons. The van der Waals surface area contributed by atoms with Crippen LogP contribution in [0.25, 0.3) is 11.0 Å². The van der Waals surface area contributed by atoms with Crippen molar-refractivity contribution in [2.24, 2.45) is 0 Å². The maximum Gasteiger partial charge on any atom is 0.287 e. The molecule has 0 aliphatic heterocycles. The summed E-state index contributed by atoms with van der Waals surface area (Å²) in [4.78, 5) is 12.4. The molecule has 25 heavy (non-hydrogen) atoms. The first-order valence-electron chi connectivity index (χ1n) is 7.69. The van der Waals surface area contributed by atoms with E-state index in [2.05, 4.69) is 10.0 Å². The molecule has 2 N–H and O–H groups in total. The Kier molecular flexibility index (Phi) is 4.50. The van der Waals surface area contributed by atoms with Gasteiger partial charge in [0.15, 0.2) is 5.76 Å². The Balaban J connectivity index is 1.76. The second-order valence-electron chi connectivity index (χ2n) is 5.84. The first kappa shape index (κ1) is 17.0. The first-order chi connectivity index (χ1) is 11.8. The maximum atomic E-state index is 12.4. The van der Waals surface area contributed by atoms with Crippen LogP contribution < -0.4 is 10.0 Å². The fourth-order valence-electron chi connectivity index (χ4n) is 2.53. The number of carbonyl (C=O) groups excluding carboxylic acids is 1. The number of benzene rings is 2. The molecule has 0 fully saturated rings. The molecule has 0 unspecified atom stereocenters. The number of nitrogens with one attached hydrogen (secondary N) is 2. The zero-order valence-electron chi connectivity index (χ0n) is 13.8. The smallest absolute Gasteiger partial charge is 0.287 e. The maximum absolute atomic E-state index is 12.4. The van der Waals surface area contributed by atoms with E-state index in [-0.39, 0.29) is 17.7 Å². The average Bonchev–Trinajstić information content (AvgIpc) is 2.97. The zero-order chi connectivity index (χ0) is 18.0. The fourth-order valence-corrected chi connectivity index (χ4v) is 3.09. The molecule has 0 bridgehead atoms. The summed E-state index contributed by atoms with van der Waals surface area (Å²) in [5.41, 5.74) is 1.88. The molecule has 3 rings (SSSR count). The van der Waals surface area contributed by atoms with Crippen molar-refractivity contribution in [3.05, 3.63) is 65.9 Å². The van der Waals surface area contributed by atoms with Crippen molar-refractivity contribution in [2.75, 3.05) is 11.0 Å². The minimum atomic E-state index is -3.35. The molecular formula is C18H18N2O4S. The van der Waals surface area contributed by atoms with Crippen LogP contribution in [0.4, 0.5) is 5.69 Å². The molecule has 0 radical (unpaired) electrons. The molecule has 6 nitrogen and oxygen atoms in total. The standard InChI is InChI=1S/C18H18N2O4S/c1-12(13-7-5-8-15(10-13)20-25(2,22)23)19-18(21)17-11-14-6-3-4-9-16(14)24-17/h3-12,20H,1-2H3,(H,19,21)/t12-/m0/s1. The highest BCUT2D eigenvalue weighted by Gasteiger charge is 2.16. The number of fused-ring (bicyclic) bond motifs is 1. The lowest BCUT2D eigenvalue weighted by molar-refractivity contribution is 0.0914. The van der Waals surface area contributed by atoms with Crippen molar-refractivity contribution in [2.45, 2.75) is 13.0 Å². The summed E-state index contributed by atoms with van der Waals surface area (Å²) < 4.78 is 30.6. The molecule has 1 heterocycles. The molecule has 1 atom stereocenters. The summed E-state index contributed by atoms with van der Waals surface area (Å²) in [5, 5.41) is 3.71. The minimum Gasteiger partial charge on any atom is -0.451 e. The Labute approximate surface area is 145 Å². The van der Waals surface area contributed by atoms with Crippen molar-refractivity contribution in [3.63, 3.8) is 0 Å². The van der Waals surface area contributed by atoms with Gasteiger partial charge in [0.25, 0.3) is 5.91 Å². The molecule has 1 aromatic heterocycles. The number of rotatable bonds is 5. The molecule has 1 amide bonds. The summed E-state index contributed by atoms with van der Waals surface area (Å²) >= 11 is 0. The number of anilines is 1. The second kappa shape index (κ2) is 6.60. The van der Waals surface area contributed by atoms with Crippen LogP contribution in [0.15, 0.2) is 59.0 Å². The number of amides is 1. The number of carbonyl (C=O) groups is 1. The number of hydrogen-bond donors (Lipinski definition) is 2. The third-order valence-corrected chi connectivity index (χ3v) is 4.29. The molecule has 0 aliphatic carbocycles. The molecule has 0 aliphatic rings. The highest BCUT2D eigenvalue weighted by atomic mass is 32.2. The molecule has 0 saturated heterocycles. The Morgan fingerprint density at radius 1 is 1.08 bits per heavy atom. The Morgan fingerprint density at radius 2 is 1.84 bits per heavy atom. The quantitative estimate of drug-likeness (QED) is 0.732. The molecular weight excluding hydrogens is 340 g/mol. The van der Waals surface area contributed by atoms with Crippen LogP contribution in [0.5, 0.6) is 0 Å². The van der Waals surface area contributed by atoms with E-state index in [0.29, 0.717) is 11.3 Å². The van der Waals surface area contributed by atoms with E-state index in [4.69, 9.17) is 4.42 Å². The summed E-state index contributed by atoms with van der Waals surface area (Å²) in [6.45, 7) is 1.82. The van der Waals surface area contributed by atoms with Gasteiger partial charge in [0.1, 0.15) is 5.58 Å². The van der Waals surface area contributed by atoms with Crippen LogP contribution >= 0.6 is 0 Å². The largest absolute Gasteiger partial charge is 0.451 e. The van der Waals surface area contributed by atoms with Crippen LogP contribution in [0.3, 0.4) is 0 Å². The van der Waals surface area contributed by atoms with Gasteiger partial charge in [0.2, 0.25) is 10.0 Å². The predicted octanol–water partition coefficient (Wildman–Crippen LogP) is 3.30. The normalized spacial score (nSPS) is 12.7. The summed E-state index contributed by atoms with van der Waals surface area (Å²) in [6.07, 6.45) is 1.09. The lowest BCUT2D eigenvalue weighted by Gasteiger charge is -2.14. The molecule has 3 aromatic rings. The van der Waals surface area contributed by atoms with E-state index in [0.717, 1.165) is 17.2 Å². The van der Waals surface area contributed by atoms with Gasteiger partial charge in [-0.2, -0.15) is 0 Å². The van der Waals surface area contributed by atoms with Crippen LogP contribution in [-0.2, 0) is 10.0 Å². The molecule has 2 aromatic carbocycles. The molecule has 0 spiro atoms. The van der Waals surface area contributed by atoms with Gasteiger partial charge in [-0.25, -0.2) is 8.42 Å². The Morgan fingerprint density at radius 3 is 2.56 bits per heavy atom. The minimum absolute atomic E-state index is 0.235. The van der Waals surface area contributed by atoms with Crippen LogP contribution in [-0.4, -0.2) is 20.6 Å². The third kappa shape index (κ3) is 4.19. The third-order valence-electron chi connectivity index (χ3n) is 3.69. The average molecular weight is 358 g/mol. The summed E-state index contributed by atoms with van der Waals surface area (Å²) in [6, 6.07) is 15.7. The van der Waals surface area contributed by atoms with Crippen LogP contribution in [0, 0.1) is 0 Å². The van der Waals surface area contributed by atoms with E-state index < -0.39 is 10.0 Å². The van der Waals surface area contributed by atoms with Gasteiger partial charge in [0.05, 0.1) is 12.3 Å². The Hall–Kier alpha value is -2.80. The predicted molar refractivity (Wildman–Crippen MR) is 97.0 cm³/mol. The lowest BCUT2D eigenvalue weighted by atomic mass is 10.1. The SMILES string of the molecule is C[C@H](NC(=O)c1cc2ccccc2o1)c1cccc(NS(C)(=O)=O)c1. The van der Waals surface area contributed by atoms with Gasteiger partial charge < -0.3 is 9.73 Å². The van der Waals surface area contributed by atoms with E-state index >= 15 is 0 Å². The number of hydrogen-bond acceptors (Lipinski definition) is 4. The number of furan rings is 1. The van der Waals surface area contributed by atoms with Gasteiger partial charge in [-0.1, -0.05) is 30.3 Å². The highest BCUT2D eigenvalue weighted by Crippen LogP contribution is 2.21. The number of sulfonamides is 1. The van der Waals surface area contributed by atoms with Crippen molar-refractivity contribution >= 4 is 32.6 Å². The van der Waals surface area contributed by atoms with Gasteiger partial charge in [-0.05, 0) is 36.8 Å². The highest BCUT2D eigenvalue weighted by molar-refractivity contribution is 7.92. The van der Waals surface area contributed by atoms with Gasteiger partial charge >= 0.3 is 0 Å². The monoisotopic (exact) mass is 358 g/mol. The van der Waals surface area contributed by atoms with Crippen molar-refractivity contribution in [1.29, 1.82) is 0 Å². The van der Waals surface area contributed by atoms with Gasteiger partial charge in [-0.15, -0.1) is 0 Å². The van der Waals surface area contributed by atoms with Crippen molar-refractivity contribution < 1.29 is 17.6 Å². The zero-order valence-corrected chi connectivity index (χ0v) is 14.6. The summed E-state index contributed by atoms with van der Waals surface area (Å²) in [5.74, 6) is -0.0939. The van der Waals surface area contributed by atoms with Crippen LogP contribution in [0.2, 0.25) is 0 Å². The lowest BCUT2D eigenvalue weighted by Crippen LogP contribution is -2.26. The summed E-state index contributed by atoms with van der Waals surface area (Å²) in [7, 11) is -3.35. The van der Waals surface area contributed by atoms with E-state index in [1.54, 1.807) is 30.3 Å². The van der Waals surface area contributed by atoms with Gasteiger partial charge in [0, 0.05) is 11.1 Å². The second-order valence-corrected chi connectivity index (χ2v) is 7.59.